The van der Waals surface area contributed by atoms with Crippen LogP contribution in [0.15, 0.2) is 36.2 Å². The van der Waals surface area contributed by atoms with Gasteiger partial charge in [0.2, 0.25) is 0 Å². The number of nitrogens with zero attached hydrogens (tertiary/aromatic N) is 1. The van der Waals surface area contributed by atoms with Crippen molar-refractivity contribution < 1.29 is 0 Å². The molecule has 1 fully saturated rings. The SMILES string of the molecule is C=C1C=CN2CSCCC2=C1. The van der Waals surface area contributed by atoms with Gasteiger partial charge < -0.3 is 4.90 Å². The summed E-state index contributed by atoms with van der Waals surface area (Å²) in [6.45, 7) is 3.91. The summed E-state index contributed by atoms with van der Waals surface area (Å²) in [6, 6.07) is 0. The molecule has 2 rings (SSSR count). The van der Waals surface area contributed by atoms with Crippen molar-refractivity contribution in [2.75, 3.05) is 11.6 Å². The van der Waals surface area contributed by atoms with Crippen LogP contribution in [-0.2, 0) is 0 Å². The number of rotatable bonds is 0. The molecule has 0 aromatic carbocycles. The fraction of sp³-hybridized carbons (Fsp3) is 0.333. The molecule has 0 N–H and O–H groups in total. The highest BCUT2D eigenvalue weighted by Gasteiger charge is 2.14. The van der Waals surface area contributed by atoms with Crippen LogP contribution in [0.25, 0.3) is 0 Å². The number of fused-ring (bicyclic) bond motifs is 1. The van der Waals surface area contributed by atoms with Gasteiger partial charge in [-0.25, -0.2) is 0 Å². The topological polar surface area (TPSA) is 3.24 Å². The van der Waals surface area contributed by atoms with Gasteiger partial charge in [-0.3, -0.25) is 0 Å². The maximum Gasteiger partial charge on any atom is 0.0679 e. The molecule has 0 amide bonds. The zero-order valence-corrected chi connectivity index (χ0v) is 7.23. The lowest BCUT2D eigenvalue weighted by Gasteiger charge is -2.30. The molecule has 11 heavy (non-hydrogen) atoms. The van der Waals surface area contributed by atoms with Crippen LogP contribution < -0.4 is 0 Å². The summed E-state index contributed by atoms with van der Waals surface area (Å²) in [5, 5.41) is 0. The molecule has 2 heterocycles. The number of hydrogen-bond acceptors (Lipinski definition) is 2. The Labute approximate surface area is 71.5 Å². The standard InChI is InChI=1S/C9H11NS/c1-8-2-4-10-7-11-5-3-9(10)6-8/h2,4,6H,1,3,5,7H2. The Hall–Kier alpha value is -0.630. The molecule has 0 atom stereocenters. The Morgan fingerprint density at radius 1 is 1.55 bits per heavy atom. The molecule has 0 aliphatic carbocycles. The van der Waals surface area contributed by atoms with Crippen LogP contribution in [0, 0.1) is 0 Å². The highest BCUT2D eigenvalue weighted by Crippen LogP contribution is 2.27. The van der Waals surface area contributed by atoms with Crippen molar-refractivity contribution in [1.29, 1.82) is 0 Å². The van der Waals surface area contributed by atoms with Gasteiger partial charge in [0.1, 0.15) is 0 Å². The largest absolute Gasteiger partial charge is 0.342 e. The van der Waals surface area contributed by atoms with Crippen molar-refractivity contribution in [3.63, 3.8) is 0 Å². The van der Waals surface area contributed by atoms with Gasteiger partial charge in [0.15, 0.2) is 0 Å². The minimum atomic E-state index is 1.11. The predicted octanol–water partition coefficient (Wildman–Crippen LogP) is 2.35. The highest BCUT2D eigenvalue weighted by molar-refractivity contribution is 7.99. The summed E-state index contributed by atoms with van der Waals surface area (Å²) >= 11 is 1.99. The van der Waals surface area contributed by atoms with Crippen molar-refractivity contribution in [3.05, 3.63) is 36.2 Å². The van der Waals surface area contributed by atoms with Gasteiger partial charge in [0, 0.05) is 17.6 Å². The Bertz CT molecular complexity index is 240. The second-order valence-corrected chi connectivity index (χ2v) is 3.86. The van der Waals surface area contributed by atoms with E-state index in [-0.39, 0.29) is 0 Å². The zero-order valence-electron chi connectivity index (χ0n) is 6.42. The van der Waals surface area contributed by atoms with Gasteiger partial charge in [-0.15, -0.1) is 11.8 Å². The monoisotopic (exact) mass is 165 g/mol. The first kappa shape index (κ1) is 7.04. The van der Waals surface area contributed by atoms with Crippen LogP contribution >= 0.6 is 11.8 Å². The van der Waals surface area contributed by atoms with Crippen LogP contribution in [-0.4, -0.2) is 16.5 Å². The van der Waals surface area contributed by atoms with E-state index in [1.54, 1.807) is 0 Å². The molecule has 58 valence electrons. The average molecular weight is 165 g/mol. The Morgan fingerprint density at radius 2 is 2.45 bits per heavy atom. The lowest BCUT2D eigenvalue weighted by molar-refractivity contribution is 0.512. The van der Waals surface area contributed by atoms with Crippen molar-refractivity contribution in [2.24, 2.45) is 0 Å². The molecule has 0 radical (unpaired) electrons. The first-order chi connectivity index (χ1) is 5.36. The third-order valence-corrected chi connectivity index (χ3v) is 2.88. The van der Waals surface area contributed by atoms with Gasteiger partial charge in [0.25, 0.3) is 0 Å². The Kier molecular flexibility index (Phi) is 1.78. The van der Waals surface area contributed by atoms with Gasteiger partial charge in [-0.1, -0.05) is 6.58 Å². The van der Waals surface area contributed by atoms with Crippen LogP contribution in [0.2, 0.25) is 0 Å². The van der Waals surface area contributed by atoms with E-state index in [9.17, 15) is 0 Å². The molecule has 0 saturated carbocycles. The summed E-state index contributed by atoms with van der Waals surface area (Å²) in [7, 11) is 0. The Morgan fingerprint density at radius 3 is 3.36 bits per heavy atom. The first-order valence-electron chi connectivity index (χ1n) is 3.78. The molecule has 0 aromatic heterocycles. The van der Waals surface area contributed by atoms with Gasteiger partial charge in [0.05, 0.1) is 5.88 Å². The molecule has 1 saturated heterocycles. The minimum absolute atomic E-state index is 1.11. The molecule has 0 unspecified atom stereocenters. The van der Waals surface area contributed by atoms with E-state index >= 15 is 0 Å². The average Bonchev–Trinajstić information content (AvgIpc) is 2.04. The van der Waals surface area contributed by atoms with Crippen molar-refractivity contribution >= 4 is 11.8 Å². The number of hydrogen-bond donors (Lipinski definition) is 0. The Balaban J connectivity index is 2.21. The van der Waals surface area contributed by atoms with E-state index in [0.29, 0.717) is 0 Å². The van der Waals surface area contributed by atoms with Crippen LogP contribution in [0.1, 0.15) is 6.42 Å². The van der Waals surface area contributed by atoms with Crippen molar-refractivity contribution in [1.82, 2.24) is 4.90 Å². The normalized spacial score (nSPS) is 23.1. The molecule has 0 spiro atoms. The molecule has 2 aliphatic heterocycles. The van der Waals surface area contributed by atoms with Crippen LogP contribution in [0.5, 0.6) is 0 Å². The predicted molar refractivity (Wildman–Crippen MR) is 50.1 cm³/mol. The van der Waals surface area contributed by atoms with E-state index < -0.39 is 0 Å². The maximum absolute atomic E-state index is 3.91. The molecular formula is C9H11NS. The molecule has 1 nitrogen and oxygen atoms in total. The first-order valence-corrected chi connectivity index (χ1v) is 4.94. The second-order valence-electron chi connectivity index (χ2n) is 2.78. The highest BCUT2D eigenvalue weighted by atomic mass is 32.2. The quantitative estimate of drug-likeness (QED) is 0.542. The third kappa shape index (κ3) is 1.36. The summed E-state index contributed by atoms with van der Waals surface area (Å²) in [5.41, 5.74) is 2.56. The molecule has 2 aliphatic rings. The van der Waals surface area contributed by atoms with Gasteiger partial charge in [-0.05, 0) is 24.1 Å². The smallest absolute Gasteiger partial charge is 0.0679 e. The molecule has 0 aromatic rings. The van der Waals surface area contributed by atoms with Crippen LogP contribution in [0.4, 0.5) is 0 Å². The van der Waals surface area contributed by atoms with Gasteiger partial charge >= 0.3 is 0 Å². The van der Waals surface area contributed by atoms with E-state index in [1.807, 2.05) is 11.8 Å². The molecular weight excluding hydrogens is 154 g/mol. The van der Waals surface area contributed by atoms with Crippen molar-refractivity contribution in [3.8, 4) is 0 Å². The fourth-order valence-electron chi connectivity index (χ4n) is 1.31. The lowest BCUT2D eigenvalue weighted by atomic mass is 10.1. The summed E-state index contributed by atoms with van der Waals surface area (Å²) in [5.74, 6) is 2.36. The van der Waals surface area contributed by atoms with E-state index in [1.165, 1.54) is 17.9 Å². The second kappa shape index (κ2) is 2.78. The molecule has 2 heteroatoms. The lowest BCUT2D eigenvalue weighted by Crippen LogP contribution is -2.22. The van der Waals surface area contributed by atoms with E-state index in [0.717, 1.165) is 11.4 Å². The van der Waals surface area contributed by atoms with Crippen LogP contribution in [0.3, 0.4) is 0 Å². The number of allylic oxidation sites excluding steroid dienone is 4. The third-order valence-electron chi connectivity index (χ3n) is 1.92. The van der Waals surface area contributed by atoms with Gasteiger partial charge in [-0.2, -0.15) is 0 Å². The number of thioether (sulfide) groups is 1. The summed E-state index contributed by atoms with van der Waals surface area (Å²) in [6.07, 6.45) is 7.56. The summed E-state index contributed by atoms with van der Waals surface area (Å²) < 4.78 is 0. The van der Waals surface area contributed by atoms with E-state index in [4.69, 9.17) is 0 Å². The van der Waals surface area contributed by atoms with Crippen molar-refractivity contribution in [2.45, 2.75) is 6.42 Å². The zero-order chi connectivity index (χ0) is 7.68. The maximum atomic E-state index is 3.91. The minimum Gasteiger partial charge on any atom is -0.342 e. The molecule has 0 bridgehead atoms. The summed E-state index contributed by atoms with van der Waals surface area (Å²) in [4.78, 5) is 2.29. The van der Waals surface area contributed by atoms with E-state index in [2.05, 4.69) is 29.8 Å². The fourth-order valence-corrected chi connectivity index (χ4v) is 2.24.